The number of aryl methyl sites for hydroxylation is 1. The molecule has 0 aromatic heterocycles. The largest absolute Gasteiger partial charge is 0.0812 e. The van der Waals surface area contributed by atoms with Gasteiger partial charge in [0, 0.05) is 5.41 Å². The molecule has 0 nitrogen and oxygen atoms in total. The Balaban J connectivity index is 2.33. The van der Waals surface area contributed by atoms with Crippen molar-refractivity contribution in [1.82, 2.24) is 0 Å². The highest BCUT2D eigenvalue weighted by Crippen LogP contribution is 2.39. The molecule has 0 saturated carbocycles. The van der Waals surface area contributed by atoms with Crippen LogP contribution < -0.4 is 0 Å². The third kappa shape index (κ3) is 2.92. The van der Waals surface area contributed by atoms with E-state index in [2.05, 4.69) is 76.8 Å². The first-order valence-electron chi connectivity index (χ1n) is 7.20. The monoisotopic (exact) mass is 270 g/mol. The van der Waals surface area contributed by atoms with Gasteiger partial charge in [-0.25, -0.2) is 0 Å². The minimum absolute atomic E-state index is 0.143. The molecule has 0 amide bonds. The number of rotatable bonds is 3. The Morgan fingerprint density at radius 1 is 1.11 bits per heavy atom. The van der Waals surface area contributed by atoms with E-state index in [1.165, 1.54) is 11.1 Å². The molecule has 1 aromatic carbocycles. The standard InChI is InChI=1S/C18H26Si/c1-14-8-7-9-15(12-14)18(2,3)16-10-11-17(13-16)19(4,5)6/h7-9,11-13H,10H2,1-6H3. The molecule has 2 rings (SSSR count). The van der Waals surface area contributed by atoms with E-state index in [-0.39, 0.29) is 5.41 Å². The van der Waals surface area contributed by atoms with Crippen molar-refractivity contribution in [3.63, 3.8) is 0 Å². The summed E-state index contributed by atoms with van der Waals surface area (Å²) in [6.45, 7) is 14.2. The molecule has 1 aromatic rings. The zero-order valence-electron chi connectivity index (χ0n) is 13.2. The fraction of sp³-hybridized carbons (Fsp3) is 0.444. The molecule has 0 radical (unpaired) electrons. The molecule has 19 heavy (non-hydrogen) atoms. The molecule has 0 spiro atoms. The van der Waals surface area contributed by atoms with Crippen molar-refractivity contribution < 1.29 is 0 Å². The van der Waals surface area contributed by atoms with Gasteiger partial charge in [0.1, 0.15) is 0 Å². The maximum absolute atomic E-state index is 2.48. The Morgan fingerprint density at radius 3 is 2.32 bits per heavy atom. The summed E-state index contributed by atoms with van der Waals surface area (Å²) in [5.74, 6) is 0. The molecule has 0 saturated heterocycles. The summed E-state index contributed by atoms with van der Waals surface area (Å²) in [7, 11) is -1.17. The second-order valence-electron chi connectivity index (χ2n) is 7.28. The zero-order chi connectivity index (χ0) is 14.3. The lowest BCUT2D eigenvalue weighted by Crippen LogP contribution is -2.23. The van der Waals surface area contributed by atoms with Crippen LogP contribution in [0.5, 0.6) is 0 Å². The number of benzene rings is 1. The smallest absolute Gasteiger partial charge is 0.0771 e. The maximum atomic E-state index is 2.48. The van der Waals surface area contributed by atoms with Gasteiger partial charge in [0.15, 0.2) is 0 Å². The van der Waals surface area contributed by atoms with Crippen molar-refractivity contribution in [2.24, 2.45) is 0 Å². The predicted octanol–water partition coefficient (Wildman–Crippen LogP) is 5.41. The Hall–Kier alpha value is -1.08. The summed E-state index contributed by atoms with van der Waals surface area (Å²) in [5, 5.41) is 1.61. The van der Waals surface area contributed by atoms with Crippen molar-refractivity contribution in [3.05, 3.63) is 58.3 Å². The second-order valence-corrected chi connectivity index (χ2v) is 12.4. The lowest BCUT2D eigenvalue weighted by atomic mass is 9.77. The lowest BCUT2D eigenvalue weighted by molar-refractivity contribution is 0.613. The first-order chi connectivity index (χ1) is 8.71. The van der Waals surface area contributed by atoms with Crippen molar-refractivity contribution in [2.45, 2.75) is 52.2 Å². The minimum Gasteiger partial charge on any atom is -0.0812 e. The maximum Gasteiger partial charge on any atom is 0.0771 e. The highest BCUT2D eigenvalue weighted by atomic mass is 28.3. The number of hydrogen-bond donors (Lipinski definition) is 0. The highest BCUT2D eigenvalue weighted by Gasteiger charge is 2.30. The summed E-state index contributed by atoms with van der Waals surface area (Å²) in [5.41, 5.74) is 4.49. The van der Waals surface area contributed by atoms with Gasteiger partial charge in [-0.1, -0.05) is 86.2 Å². The van der Waals surface area contributed by atoms with Crippen LogP contribution >= 0.6 is 0 Å². The van der Waals surface area contributed by atoms with Crippen molar-refractivity contribution in [3.8, 4) is 0 Å². The van der Waals surface area contributed by atoms with E-state index in [0.29, 0.717) is 0 Å². The van der Waals surface area contributed by atoms with Crippen molar-refractivity contribution >= 4 is 8.07 Å². The first kappa shape index (κ1) is 14.3. The van der Waals surface area contributed by atoms with Gasteiger partial charge in [0.2, 0.25) is 0 Å². The first-order valence-corrected chi connectivity index (χ1v) is 10.7. The molecular weight excluding hydrogens is 244 g/mol. The van der Waals surface area contributed by atoms with Gasteiger partial charge in [0.05, 0.1) is 8.07 Å². The Kier molecular flexibility index (Phi) is 3.61. The summed E-state index contributed by atoms with van der Waals surface area (Å²) >= 11 is 0. The molecule has 0 bridgehead atoms. The van der Waals surface area contributed by atoms with Gasteiger partial charge in [0.25, 0.3) is 0 Å². The Bertz CT molecular complexity index is 539. The van der Waals surface area contributed by atoms with E-state index in [1.807, 2.05) is 0 Å². The van der Waals surface area contributed by atoms with Gasteiger partial charge in [-0.2, -0.15) is 0 Å². The van der Waals surface area contributed by atoms with E-state index < -0.39 is 8.07 Å². The van der Waals surface area contributed by atoms with Crippen LogP contribution in [0.3, 0.4) is 0 Å². The van der Waals surface area contributed by atoms with E-state index in [0.717, 1.165) is 6.42 Å². The van der Waals surface area contributed by atoms with Crippen molar-refractivity contribution in [1.29, 1.82) is 0 Å². The normalized spacial score (nSPS) is 16.3. The van der Waals surface area contributed by atoms with E-state index in [9.17, 15) is 0 Å². The van der Waals surface area contributed by atoms with E-state index >= 15 is 0 Å². The van der Waals surface area contributed by atoms with Crippen LogP contribution in [-0.2, 0) is 5.41 Å². The Morgan fingerprint density at radius 2 is 1.79 bits per heavy atom. The third-order valence-corrected chi connectivity index (χ3v) is 6.36. The van der Waals surface area contributed by atoms with Crippen LogP contribution in [0, 0.1) is 6.92 Å². The molecule has 0 fully saturated rings. The summed E-state index contributed by atoms with van der Waals surface area (Å²) in [4.78, 5) is 0. The molecule has 102 valence electrons. The topological polar surface area (TPSA) is 0 Å². The van der Waals surface area contributed by atoms with E-state index in [4.69, 9.17) is 0 Å². The molecule has 0 aliphatic heterocycles. The summed E-state index contributed by atoms with van der Waals surface area (Å²) in [6.07, 6.45) is 6.06. The van der Waals surface area contributed by atoms with Crippen LogP contribution in [0.4, 0.5) is 0 Å². The number of hydrogen-bond acceptors (Lipinski definition) is 0. The van der Waals surface area contributed by atoms with Gasteiger partial charge < -0.3 is 0 Å². The average Bonchev–Trinajstić information content (AvgIpc) is 2.78. The van der Waals surface area contributed by atoms with Crippen LogP contribution in [0.2, 0.25) is 19.6 Å². The molecule has 0 atom stereocenters. The van der Waals surface area contributed by atoms with Crippen LogP contribution in [0.1, 0.15) is 31.4 Å². The minimum atomic E-state index is -1.17. The SMILES string of the molecule is Cc1cccc(C(C)(C)C2=CC([Si](C)(C)C)=CC2)c1. The average molecular weight is 270 g/mol. The second kappa shape index (κ2) is 4.79. The van der Waals surface area contributed by atoms with Gasteiger partial charge in [-0.05, 0) is 18.9 Å². The van der Waals surface area contributed by atoms with Gasteiger partial charge in [-0.3, -0.25) is 0 Å². The fourth-order valence-corrected chi connectivity index (χ4v) is 4.02. The molecule has 1 aliphatic rings. The summed E-state index contributed by atoms with van der Waals surface area (Å²) < 4.78 is 0. The van der Waals surface area contributed by atoms with Gasteiger partial charge in [-0.15, -0.1) is 0 Å². The molecule has 0 heterocycles. The fourth-order valence-electron chi connectivity index (χ4n) is 2.70. The third-order valence-electron chi connectivity index (χ3n) is 4.28. The summed E-state index contributed by atoms with van der Waals surface area (Å²) in [6, 6.07) is 8.94. The molecular formula is C18H26Si. The highest BCUT2D eigenvalue weighted by molar-refractivity contribution is 6.83. The van der Waals surface area contributed by atoms with Crippen LogP contribution in [-0.4, -0.2) is 8.07 Å². The quantitative estimate of drug-likeness (QED) is 0.645. The van der Waals surface area contributed by atoms with Gasteiger partial charge >= 0.3 is 0 Å². The van der Waals surface area contributed by atoms with E-state index in [1.54, 1.807) is 10.8 Å². The zero-order valence-corrected chi connectivity index (χ0v) is 14.2. The molecule has 0 N–H and O–H groups in total. The predicted molar refractivity (Wildman–Crippen MR) is 88.3 cm³/mol. The van der Waals surface area contributed by atoms with Crippen LogP contribution in [0.15, 0.2) is 47.2 Å². The molecule has 1 heteroatoms. The number of allylic oxidation sites excluding steroid dienone is 4. The van der Waals surface area contributed by atoms with Crippen molar-refractivity contribution in [2.75, 3.05) is 0 Å². The molecule has 0 unspecified atom stereocenters. The molecule has 1 aliphatic carbocycles. The Labute approximate surface area is 119 Å². The van der Waals surface area contributed by atoms with Crippen LogP contribution in [0.25, 0.3) is 0 Å². The lowest BCUT2D eigenvalue weighted by Gasteiger charge is -2.28.